The van der Waals surface area contributed by atoms with Gasteiger partial charge in [-0.05, 0) is 36.5 Å². The molecule has 0 aliphatic heterocycles. The van der Waals surface area contributed by atoms with E-state index >= 15 is 0 Å². The third kappa shape index (κ3) is 5.08. The summed E-state index contributed by atoms with van der Waals surface area (Å²) in [6.45, 7) is 0. The molecular formula is C13H10N2O3S. The number of benzene rings is 2. The highest BCUT2D eigenvalue weighted by Gasteiger charge is 2.04. The van der Waals surface area contributed by atoms with E-state index in [4.69, 9.17) is 10.1 Å². The molecule has 0 unspecified atom stereocenters. The fourth-order valence-electron chi connectivity index (χ4n) is 1.26. The molecule has 2 aromatic carbocycles. The van der Waals surface area contributed by atoms with Gasteiger partial charge in [0, 0.05) is 12.1 Å². The lowest BCUT2D eigenvalue weighted by molar-refractivity contribution is -0.384. The molecule has 2 rings (SSSR count). The zero-order valence-electron chi connectivity index (χ0n) is 9.78. The number of para-hydroxylation sites is 1. The van der Waals surface area contributed by atoms with Crippen LogP contribution < -0.4 is 4.74 Å². The number of hydrogen-bond acceptors (Lipinski definition) is 5. The second-order valence-corrected chi connectivity index (χ2v) is 3.47. The Morgan fingerprint density at radius 2 is 1.53 bits per heavy atom. The summed E-state index contributed by atoms with van der Waals surface area (Å²) in [5.41, 5.74) is 0.0559. The van der Waals surface area contributed by atoms with Gasteiger partial charge in [0.15, 0.2) is 0 Å². The third-order valence-corrected chi connectivity index (χ3v) is 2.03. The fourth-order valence-corrected chi connectivity index (χ4v) is 1.26. The molecule has 0 saturated carbocycles. The molecule has 96 valence electrons. The molecule has 0 radical (unpaired) electrons. The first-order valence-electron chi connectivity index (χ1n) is 5.18. The van der Waals surface area contributed by atoms with Crippen LogP contribution in [0.2, 0.25) is 0 Å². The van der Waals surface area contributed by atoms with Crippen molar-refractivity contribution in [3.8, 4) is 11.5 Å². The molecule has 0 bridgehead atoms. The zero-order chi connectivity index (χ0) is 14.1. The van der Waals surface area contributed by atoms with Crippen LogP contribution in [0.1, 0.15) is 0 Å². The van der Waals surface area contributed by atoms with Gasteiger partial charge in [-0.2, -0.15) is 0 Å². The Balaban J connectivity index is 0.000000550. The highest BCUT2D eigenvalue weighted by Crippen LogP contribution is 2.23. The van der Waals surface area contributed by atoms with Crippen LogP contribution in [0.4, 0.5) is 5.69 Å². The molecule has 19 heavy (non-hydrogen) atoms. The molecular weight excluding hydrogens is 264 g/mol. The number of nitro groups is 1. The molecule has 0 aromatic heterocycles. The average Bonchev–Trinajstić information content (AvgIpc) is 2.41. The molecule has 0 fully saturated rings. The van der Waals surface area contributed by atoms with E-state index in [2.05, 4.69) is 12.2 Å². The van der Waals surface area contributed by atoms with Crippen molar-refractivity contribution in [3.63, 3.8) is 0 Å². The quantitative estimate of drug-likeness (QED) is 0.396. The Bertz CT molecular complexity index is 564. The van der Waals surface area contributed by atoms with E-state index in [1.165, 1.54) is 12.1 Å². The summed E-state index contributed by atoms with van der Waals surface area (Å²) in [5.74, 6) is 1.29. The number of thiocarbonyl (C=S) groups is 1. The van der Waals surface area contributed by atoms with Gasteiger partial charge in [0.1, 0.15) is 11.5 Å². The van der Waals surface area contributed by atoms with Gasteiger partial charge >= 0.3 is 0 Å². The molecule has 5 nitrogen and oxygen atoms in total. The standard InChI is InChI=1S/C12H9NO3.CHNS/c14-13(15)10-6-8-12(9-7-10)16-11-4-2-1-3-5-11;2-1-3/h1-9H;2H. The number of ether oxygens (including phenoxy) is 1. The van der Waals surface area contributed by atoms with Gasteiger partial charge < -0.3 is 4.74 Å². The van der Waals surface area contributed by atoms with Crippen molar-refractivity contribution in [2.45, 2.75) is 0 Å². The van der Waals surface area contributed by atoms with E-state index in [0.717, 1.165) is 0 Å². The number of hydrogen-bond donors (Lipinski definition) is 1. The first-order chi connectivity index (χ1) is 9.17. The average molecular weight is 274 g/mol. The van der Waals surface area contributed by atoms with Crippen molar-refractivity contribution in [3.05, 3.63) is 64.7 Å². The van der Waals surface area contributed by atoms with Crippen LogP contribution in [-0.2, 0) is 0 Å². The predicted molar refractivity (Wildman–Crippen MR) is 74.9 cm³/mol. The van der Waals surface area contributed by atoms with Crippen molar-refractivity contribution >= 4 is 23.1 Å². The van der Waals surface area contributed by atoms with E-state index in [-0.39, 0.29) is 5.69 Å². The first-order valence-corrected chi connectivity index (χ1v) is 5.59. The van der Waals surface area contributed by atoms with Gasteiger partial charge in [0.05, 0.1) is 10.1 Å². The van der Waals surface area contributed by atoms with Crippen LogP contribution >= 0.6 is 12.2 Å². The number of non-ortho nitro benzene ring substituents is 1. The Morgan fingerprint density at radius 3 is 2.00 bits per heavy atom. The maximum atomic E-state index is 10.4. The molecule has 6 heteroatoms. The van der Waals surface area contributed by atoms with Crippen molar-refractivity contribution in [1.82, 2.24) is 0 Å². The first kappa shape index (κ1) is 14.5. The predicted octanol–water partition coefficient (Wildman–Crippen LogP) is 4.06. The van der Waals surface area contributed by atoms with Crippen LogP contribution in [0.15, 0.2) is 54.6 Å². The van der Waals surface area contributed by atoms with E-state index in [1.54, 1.807) is 17.3 Å². The van der Waals surface area contributed by atoms with E-state index in [1.807, 2.05) is 30.3 Å². The summed E-state index contributed by atoms with van der Waals surface area (Å²) in [6.07, 6.45) is 0. The Hall–Kier alpha value is -2.56. The summed E-state index contributed by atoms with van der Waals surface area (Å²) in [4.78, 5) is 10.00. The molecule has 0 saturated heterocycles. The van der Waals surface area contributed by atoms with E-state index < -0.39 is 4.92 Å². The lowest BCUT2D eigenvalue weighted by Gasteiger charge is -2.04. The summed E-state index contributed by atoms with van der Waals surface area (Å²) >= 11 is 3.81. The van der Waals surface area contributed by atoms with Gasteiger partial charge in [-0.1, -0.05) is 18.2 Å². The van der Waals surface area contributed by atoms with Gasteiger partial charge in [-0.25, -0.2) is 5.41 Å². The van der Waals surface area contributed by atoms with Crippen molar-refractivity contribution in [2.24, 2.45) is 0 Å². The Kier molecular flexibility index (Phi) is 5.88. The number of isothiocyanates is 1. The molecule has 1 N–H and O–H groups in total. The Labute approximate surface area is 115 Å². The topological polar surface area (TPSA) is 76.2 Å². The summed E-state index contributed by atoms with van der Waals surface area (Å²) in [7, 11) is 0. The second-order valence-electron chi connectivity index (χ2n) is 3.27. The molecule has 0 aliphatic rings. The van der Waals surface area contributed by atoms with Gasteiger partial charge in [-0.3, -0.25) is 10.1 Å². The third-order valence-electron chi connectivity index (χ3n) is 2.03. The van der Waals surface area contributed by atoms with E-state index in [0.29, 0.717) is 11.5 Å². The second kappa shape index (κ2) is 7.71. The number of nitrogens with one attached hydrogen (secondary N) is 1. The molecule has 2 aromatic rings. The zero-order valence-corrected chi connectivity index (χ0v) is 10.6. The van der Waals surface area contributed by atoms with Gasteiger partial charge in [-0.15, -0.1) is 0 Å². The van der Waals surface area contributed by atoms with Crippen LogP contribution in [-0.4, -0.2) is 10.1 Å². The molecule has 0 atom stereocenters. The monoisotopic (exact) mass is 274 g/mol. The highest BCUT2D eigenvalue weighted by atomic mass is 32.1. The number of nitrogens with zero attached hydrogens (tertiary/aromatic N) is 1. The Morgan fingerprint density at radius 1 is 1.05 bits per heavy atom. The number of nitro benzene ring substituents is 1. The minimum atomic E-state index is -0.438. The smallest absolute Gasteiger partial charge is 0.269 e. The summed E-state index contributed by atoms with van der Waals surface area (Å²) < 4.78 is 5.49. The van der Waals surface area contributed by atoms with Crippen LogP contribution in [0.3, 0.4) is 0 Å². The normalized spacial score (nSPS) is 8.63. The largest absolute Gasteiger partial charge is 0.457 e. The molecule has 0 amide bonds. The van der Waals surface area contributed by atoms with Crippen molar-refractivity contribution in [2.75, 3.05) is 0 Å². The van der Waals surface area contributed by atoms with Crippen LogP contribution in [0.25, 0.3) is 0 Å². The minimum Gasteiger partial charge on any atom is -0.457 e. The maximum Gasteiger partial charge on any atom is 0.269 e. The lowest BCUT2D eigenvalue weighted by atomic mass is 10.3. The molecule has 0 heterocycles. The van der Waals surface area contributed by atoms with Crippen LogP contribution in [0, 0.1) is 15.5 Å². The van der Waals surface area contributed by atoms with Crippen molar-refractivity contribution in [1.29, 1.82) is 5.41 Å². The van der Waals surface area contributed by atoms with Crippen molar-refractivity contribution < 1.29 is 9.66 Å². The van der Waals surface area contributed by atoms with Gasteiger partial charge in [0.25, 0.3) is 5.69 Å². The van der Waals surface area contributed by atoms with Crippen LogP contribution in [0.5, 0.6) is 11.5 Å². The molecule has 0 aliphatic carbocycles. The highest BCUT2D eigenvalue weighted by molar-refractivity contribution is 7.78. The SMILES string of the molecule is N=C=S.O=[N+]([O-])c1ccc(Oc2ccccc2)cc1. The minimum absolute atomic E-state index is 0.0559. The summed E-state index contributed by atoms with van der Waals surface area (Å²) in [6, 6.07) is 15.2. The molecule has 0 spiro atoms. The fraction of sp³-hybridized carbons (Fsp3) is 0. The van der Waals surface area contributed by atoms with E-state index in [9.17, 15) is 10.1 Å². The van der Waals surface area contributed by atoms with Gasteiger partial charge in [0.2, 0.25) is 0 Å². The maximum absolute atomic E-state index is 10.4. The number of rotatable bonds is 3. The lowest BCUT2D eigenvalue weighted by Crippen LogP contribution is -1.88. The summed E-state index contributed by atoms with van der Waals surface area (Å²) in [5, 5.41) is 17.8.